The molecule has 150 valence electrons. The maximum atomic E-state index is 12.6. The highest BCUT2D eigenvalue weighted by molar-refractivity contribution is 6.01. The fourth-order valence-corrected chi connectivity index (χ4v) is 3.18. The Balaban J connectivity index is 1.71. The molecule has 0 spiro atoms. The summed E-state index contributed by atoms with van der Waals surface area (Å²) in [6, 6.07) is 13.5. The van der Waals surface area contributed by atoms with Gasteiger partial charge in [-0.15, -0.1) is 0 Å². The van der Waals surface area contributed by atoms with E-state index < -0.39 is 18.3 Å². The van der Waals surface area contributed by atoms with E-state index >= 15 is 0 Å². The summed E-state index contributed by atoms with van der Waals surface area (Å²) in [7, 11) is 0. The molecule has 0 aliphatic heterocycles. The number of esters is 1. The zero-order valence-corrected chi connectivity index (χ0v) is 16.6. The van der Waals surface area contributed by atoms with Crippen molar-refractivity contribution in [3.63, 3.8) is 0 Å². The zero-order valence-electron chi connectivity index (χ0n) is 16.6. The van der Waals surface area contributed by atoms with Crippen LogP contribution in [0.4, 0.5) is 0 Å². The average molecular weight is 393 g/mol. The number of nitrogens with zero attached hydrogens (tertiary/aromatic N) is 1. The number of ether oxygens (including phenoxy) is 1. The molecule has 29 heavy (non-hydrogen) atoms. The van der Waals surface area contributed by atoms with E-state index in [2.05, 4.69) is 12.1 Å². The first-order valence-corrected chi connectivity index (χ1v) is 9.21. The van der Waals surface area contributed by atoms with Gasteiger partial charge in [0.2, 0.25) is 5.78 Å². The molecule has 0 radical (unpaired) electrons. The molecular weight excluding hydrogens is 370 g/mol. The van der Waals surface area contributed by atoms with Crippen LogP contribution in [0.1, 0.15) is 43.2 Å². The van der Waals surface area contributed by atoms with E-state index in [1.807, 2.05) is 37.5 Å². The van der Waals surface area contributed by atoms with Crippen molar-refractivity contribution in [3.05, 3.63) is 82.2 Å². The molecule has 2 N–H and O–H groups in total. The summed E-state index contributed by atoms with van der Waals surface area (Å²) in [5, 5.41) is 19.0. The summed E-state index contributed by atoms with van der Waals surface area (Å²) in [5.74, 6) is -1.72. The number of aromatic nitrogens is 1. The largest absolute Gasteiger partial charge is 0.508 e. The van der Waals surface area contributed by atoms with E-state index in [-0.39, 0.29) is 17.1 Å². The Labute approximate surface area is 169 Å². The quantitative estimate of drug-likeness (QED) is 0.490. The van der Waals surface area contributed by atoms with Crippen LogP contribution in [0.5, 0.6) is 11.5 Å². The lowest BCUT2D eigenvalue weighted by Crippen LogP contribution is -2.15. The van der Waals surface area contributed by atoms with Crippen molar-refractivity contribution in [2.45, 2.75) is 27.3 Å². The topological polar surface area (TPSA) is 88.8 Å². The van der Waals surface area contributed by atoms with Gasteiger partial charge in [0.1, 0.15) is 17.1 Å². The minimum atomic E-state index is -0.829. The molecular formula is C23H23NO5. The summed E-state index contributed by atoms with van der Waals surface area (Å²) in [6.45, 7) is 6.03. The maximum absolute atomic E-state index is 12.6. The molecule has 0 atom stereocenters. The van der Waals surface area contributed by atoms with Crippen molar-refractivity contribution in [1.82, 2.24) is 4.57 Å². The predicted octanol–water partition coefficient (Wildman–Crippen LogP) is 3.91. The van der Waals surface area contributed by atoms with Crippen LogP contribution in [0.3, 0.4) is 0 Å². The smallest absolute Gasteiger partial charge is 0.342 e. The standard InChI is InChI=1S/C23H23NO5/c1-14-4-6-17(7-5-14)12-24-15(2)10-20(16(24)3)22(27)13-29-23(28)19-9-8-18(25)11-21(19)26/h4-11,25-26H,12-13H2,1-3H3. The van der Waals surface area contributed by atoms with Gasteiger partial charge in [0, 0.05) is 29.6 Å². The van der Waals surface area contributed by atoms with Gasteiger partial charge in [-0.1, -0.05) is 29.8 Å². The number of aryl methyl sites for hydroxylation is 2. The third kappa shape index (κ3) is 4.48. The monoisotopic (exact) mass is 393 g/mol. The molecule has 6 nitrogen and oxygen atoms in total. The molecule has 3 rings (SSSR count). The number of phenols is 2. The van der Waals surface area contributed by atoms with E-state index in [0.717, 1.165) is 23.0 Å². The van der Waals surface area contributed by atoms with Crippen molar-refractivity contribution in [2.24, 2.45) is 0 Å². The molecule has 0 fully saturated rings. The number of rotatable bonds is 6. The maximum Gasteiger partial charge on any atom is 0.342 e. The minimum Gasteiger partial charge on any atom is -0.508 e. The van der Waals surface area contributed by atoms with E-state index in [0.29, 0.717) is 12.1 Å². The Hall–Kier alpha value is -3.54. The van der Waals surface area contributed by atoms with Gasteiger partial charge in [0.05, 0.1) is 0 Å². The zero-order chi connectivity index (χ0) is 21.1. The van der Waals surface area contributed by atoms with Gasteiger partial charge < -0.3 is 19.5 Å². The second-order valence-electron chi connectivity index (χ2n) is 7.06. The summed E-state index contributed by atoms with van der Waals surface area (Å²) in [6.07, 6.45) is 0. The van der Waals surface area contributed by atoms with Crippen LogP contribution in [0.2, 0.25) is 0 Å². The molecule has 6 heteroatoms. The van der Waals surface area contributed by atoms with E-state index in [1.165, 1.54) is 17.7 Å². The first kappa shape index (κ1) is 20.2. The van der Waals surface area contributed by atoms with Crippen molar-refractivity contribution in [1.29, 1.82) is 0 Å². The van der Waals surface area contributed by atoms with Gasteiger partial charge >= 0.3 is 5.97 Å². The third-order valence-corrected chi connectivity index (χ3v) is 4.87. The molecule has 0 aliphatic carbocycles. The second-order valence-corrected chi connectivity index (χ2v) is 7.06. The first-order valence-electron chi connectivity index (χ1n) is 9.21. The van der Waals surface area contributed by atoms with E-state index in [1.54, 1.807) is 6.07 Å². The molecule has 0 unspecified atom stereocenters. The molecule has 0 aliphatic rings. The molecule has 0 saturated heterocycles. The van der Waals surface area contributed by atoms with Crippen molar-refractivity contribution in [2.75, 3.05) is 6.61 Å². The number of hydrogen-bond donors (Lipinski definition) is 2. The summed E-state index contributed by atoms with van der Waals surface area (Å²) in [5.41, 5.74) is 4.45. The molecule has 0 bridgehead atoms. The number of phenolic OH excluding ortho intramolecular Hbond substituents is 2. The summed E-state index contributed by atoms with van der Waals surface area (Å²) < 4.78 is 7.11. The molecule has 1 heterocycles. The lowest BCUT2D eigenvalue weighted by Gasteiger charge is -2.10. The van der Waals surface area contributed by atoms with Crippen molar-refractivity contribution >= 4 is 11.8 Å². The van der Waals surface area contributed by atoms with Gasteiger partial charge in [-0.3, -0.25) is 4.79 Å². The molecule has 0 saturated carbocycles. The summed E-state index contributed by atoms with van der Waals surface area (Å²) >= 11 is 0. The lowest BCUT2D eigenvalue weighted by molar-refractivity contribution is 0.0471. The van der Waals surface area contributed by atoms with E-state index in [4.69, 9.17) is 4.74 Å². The highest BCUT2D eigenvalue weighted by Crippen LogP contribution is 2.23. The van der Waals surface area contributed by atoms with Crippen LogP contribution >= 0.6 is 0 Å². The normalized spacial score (nSPS) is 10.7. The Morgan fingerprint density at radius 1 is 0.931 bits per heavy atom. The fourth-order valence-electron chi connectivity index (χ4n) is 3.18. The molecule has 3 aromatic rings. The molecule has 1 aromatic heterocycles. The van der Waals surface area contributed by atoms with Crippen LogP contribution in [0, 0.1) is 20.8 Å². The Morgan fingerprint density at radius 2 is 1.62 bits per heavy atom. The highest BCUT2D eigenvalue weighted by Gasteiger charge is 2.19. The van der Waals surface area contributed by atoms with Crippen LogP contribution < -0.4 is 0 Å². The Bertz CT molecular complexity index is 1060. The number of carbonyl (C=O) groups excluding carboxylic acids is 2. The van der Waals surface area contributed by atoms with Gasteiger partial charge in [-0.05, 0) is 44.5 Å². The molecule has 0 amide bonds. The number of hydrogen-bond acceptors (Lipinski definition) is 5. The number of carbonyl (C=O) groups is 2. The Kier molecular flexibility index (Phi) is 5.73. The highest BCUT2D eigenvalue weighted by atomic mass is 16.5. The molecule has 2 aromatic carbocycles. The fraction of sp³-hybridized carbons (Fsp3) is 0.217. The van der Waals surface area contributed by atoms with E-state index in [9.17, 15) is 19.8 Å². The second kappa shape index (κ2) is 8.22. The van der Waals surface area contributed by atoms with Crippen LogP contribution in [-0.2, 0) is 11.3 Å². The van der Waals surface area contributed by atoms with Gasteiger partial charge in [0.15, 0.2) is 6.61 Å². The van der Waals surface area contributed by atoms with Crippen LogP contribution in [0.25, 0.3) is 0 Å². The van der Waals surface area contributed by atoms with Crippen molar-refractivity contribution < 1.29 is 24.5 Å². The lowest BCUT2D eigenvalue weighted by atomic mass is 10.1. The number of Topliss-reactive ketones (excluding diaryl/α,β-unsaturated/α-hetero) is 1. The average Bonchev–Trinajstić information content (AvgIpc) is 2.96. The van der Waals surface area contributed by atoms with Crippen LogP contribution in [-0.4, -0.2) is 33.1 Å². The summed E-state index contributed by atoms with van der Waals surface area (Å²) in [4.78, 5) is 24.7. The number of aromatic hydroxyl groups is 2. The SMILES string of the molecule is Cc1ccc(Cn2c(C)cc(C(=O)COC(=O)c3ccc(O)cc3O)c2C)cc1. The van der Waals surface area contributed by atoms with Crippen molar-refractivity contribution in [3.8, 4) is 11.5 Å². The first-order chi connectivity index (χ1) is 13.8. The third-order valence-electron chi connectivity index (χ3n) is 4.87. The van der Waals surface area contributed by atoms with Gasteiger partial charge in [0.25, 0.3) is 0 Å². The predicted molar refractivity (Wildman–Crippen MR) is 109 cm³/mol. The van der Waals surface area contributed by atoms with Crippen LogP contribution in [0.15, 0.2) is 48.5 Å². The van der Waals surface area contributed by atoms with Gasteiger partial charge in [-0.2, -0.15) is 0 Å². The Morgan fingerprint density at radius 3 is 2.28 bits per heavy atom. The van der Waals surface area contributed by atoms with Gasteiger partial charge in [-0.25, -0.2) is 4.79 Å². The minimum absolute atomic E-state index is 0.111. The number of ketones is 1. The number of benzene rings is 2.